The van der Waals surface area contributed by atoms with Crippen LogP contribution in [0.2, 0.25) is 0 Å². The number of fused-ring (bicyclic) bond motifs is 1. The Labute approximate surface area is 170 Å². The number of aliphatic hydroxyl groups is 1. The Morgan fingerprint density at radius 2 is 1.97 bits per heavy atom. The minimum Gasteiger partial charge on any atom is -0.396 e. The third-order valence-corrected chi connectivity index (χ3v) is 5.59. The van der Waals surface area contributed by atoms with Gasteiger partial charge in [-0.25, -0.2) is 19.7 Å². The van der Waals surface area contributed by atoms with Crippen LogP contribution in [0, 0.1) is 0 Å². The number of benzene rings is 1. The minimum absolute atomic E-state index is 0.00408. The van der Waals surface area contributed by atoms with Crippen LogP contribution in [0.4, 0.5) is 9.93 Å². The van der Waals surface area contributed by atoms with Crippen LogP contribution in [0.3, 0.4) is 0 Å². The highest BCUT2D eigenvalue weighted by Crippen LogP contribution is 2.38. The lowest BCUT2D eigenvalue weighted by Crippen LogP contribution is -2.31. The molecule has 4 aromatic rings. The second-order valence-electron chi connectivity index (χ2n) is 6.34. The summed E-state index contributed by atoms with van der Waals surface area (Å²) >= 11 is 1.38. The van der Waals surface area contributed by atoms with E-state index in [-0.39, 0.29) is 6.61 Å². The molecule has 3 heterocycles. The smallest absolute Gasteiger partial charge is 0.320 e. The first-order valence-electron chi connectivity index (χ1n) is 8.88. The number of hydrogen-bond acceptors (Lipinski definition) is 7. The maximum Gasteiger partial charge on any atom is 0.320 e. The van der Waals surface area contributed by atoms with Gasteiger partial charge in [0.2, 0.25) is 0 Å². The fourth-order valence-electron chi connectivity index (χ4n) is 2.87. The van der Waals surface area contributed by atoms with E-state index in [2.05, 4.69) is 19.9 Å². The van der Waals surface area contributed by atoms with E-state index >= 15 is 0 Å². The molecule has 0 radical (unpaired) electrons. The van der Waals surface area contributed by atoms with E-state index in [0.717, 1.165) is 32.6 Å². The van der Waals surface area contributed by atoms with Gasteiger partial charge in [-0.05, 0) is 29.8 Å². The first-order chi connectivity index (χ1) is 14.1. The van der Waals surface area contributed by atoms with Crippen LogP contribution in [-0.2, 0) is 6.42 Å². The lowest BCUT2D eigenvalue weighted by atomic mass is 10.0. The van der Waals surface area contributed by atoms with Gasteiger partial charge in [-0.1, -0.05) is 17.4 Å². The van der Waals surface area contributed by atoms with Gasteiger partial charge in [0.25, 0.3) is 0 Å². The number of primary amides is 1. The first kappa shape index (κ1) is 18.9. The molecule has 0 saturated heterocycles. The van der Waals surface area contributed by atoms with Crippen LogP contribution in [0.25, 0.3) is 32.6 Å². The SMILES string of the molecule is CN(C(N)=O)c1nc2cc(-c3cnc(CCO)nc3)cc(-c3ccccn3)c2s1. The van der Waals surface area contributed by atoms with Crippen molar-refractivity contribution in [2.75, 3.05) is 18.6 Å². The van der Waals surface area contributed by atoms with Crippen LogP contribution in [0.1, 0.15) is 5.82 Å². The quantitative estimate of drug-likeness (QED) is 0.526. The van der Waals surface area contributed by atoms with E-state index in [1.807, 2.05) is 30.3 Å². The highest BCUT2D eigenvalue weighted by molar-refractivity contribution is 7.23. The number of nitrogens with two attached hydrogens (primary N) is 1. The van der Waals surface area contributed by atoms with E-state index in [9.17, 15) is 4.79 Å². The summed E-state index contributed by atoms with van der Waals surface area (Å²) in [4.78, 5) is 30.6. The molecule has 3 N–H and O–H groups in total. The number of aliphatic hydroxyl groups excluding tert-OH is 1. The molecule has 1 aromatic carbocycles. The van der Waals surface area contributed by atoms with Crippen LogP contribution in [0.15, 0.2) is 48.9 Å². The van der Waals surface area contributed by atoms with E-state index in [1.165, 1.54) is 16.2 Å². The topological polar surface area (TPSA) is 118 Å². The van der Waals surface area contributed by atoms with Crippen LogP contribution >= 0.6 is 11.3 Å². The number of carbonyl (C=O) groups is 1. The van der Waals surface area contributed by atoms with Crippen molar-refractivity contribution in [2.45, 2.75) is 6.42 Å². The highest BCUT2D eigenvalue weighted by atomic mass is 32.1. The third-order valence-electron chi connectivity index (χ3n) is 4.41. The number of anilines is 1. The molecule has 4 rings (SSSR count). The van der Waals surface area contributed by atoms with Gasteiger partial charge < -0.3 is 10.8 Å². The summed E-state index contributed by atoms with van der Waals surface area (Å²) in [7, 11) is 1.59. The van der Waals surface area contributed by atoms with Gasteiger partial charge in [0.15, 0.2) is 5.13 Å². The lowest BCUT2D eigenvalue weighted by Gasteiger charge is -2.08. The first-order valence-corrected chi connectivity index (χ1v) is 9.70. The number of nitrogens with zero attached hydrogens (tertiary/aromatic N) is 5. The van der Waals surface area contributed by atoms with Crippen molar-refractivity contribution in [1.82, 2.24) is 19.9 Å². The molecule has 0 saturated carbocycles. The average molecular weight is 406 g/mol. The van der Waals surface area contributed by atoms with Gasteiger partial charge in [-0.2, -0.15) is 0 Å². The standard InChI is InChI=1S/C20H18N6O2S/c1-26(19(21)28)20-25-16-9-12(13-10-23-17(5-7-27)24-11-13)8-14(18(16)29-20)15-4-2-3-6-22-15/h2-4,6,8-11,27H,5,7H2,1H3,(H2,21,28). The van der Waals surface area contributed by atoms with Gasteiger partial charge in [0, 0.05) is 43.2 Å². The molecule has 0 fully saturated rings. The number of urea groups is 1. The van der Waals surface area contributed by atoms with Crippen molar-refractivity contribution < 1.29 is 9.90 Å². The summed E-state index contributed by atoms with van der Waals surface area (Å²) in [5, 5.41) is 9.55. The maximum absolute atomic E-state index is 11.6. The molecule has 0 bridgehead atoms. The molecule has 0 spiro atoms. The van der Waals surface area contributed by atoms with Crippen molar-refractivity contribution in [3.05, 3.63) is 54.7 Å². The van der Waals surface area contributed by atoms with Crippen molar-refractivity contribution in [3.63, 3.8) is 0 Å². The maximum atomic E-state index is 11.6. The largest absolute Gasteiger partial charge is 0.396 e. The van der Waals surface area contributed by atoms with Crippen LogP contribution < -0.4 is 10.6 Å². The summed E-state index contributed by atoms with van der Waals surface area (Å²) in [5.41, 5.74) is 9.54. The molecule has 2 amide bonds. The number of aromatic nitrogens is 4. The number of thiazole rings is 1. The molecule has 0 aliphatic carbocycles. The molecular formula is C20H18N6O2S. The normalized spacial score (nSPS) is 11.0. The summed E-state index contributed by atoms with van der Waals surface area (Å²) in [6.07, 6.45) is 5.60. The van der Waals surface area contributed by atoms with Gasteiger partial charge in [-0.3, -0.25) is 9.88 Å². The van der Waals surface area contributed by atoms with E-state index in [4.69, 9.17) is 10.8 Å². The third kappa shape index (κ3) is 3.78. The predicted octanol–water partition coefficient (Wildman–Crippen LogP) is 2.87. The predicted molar refractivity (Wildman–Crippen MR) is 113 cm³/mol. The second kappa shape index (κ2) is 7.90. The van der Waals surface area contributed by atoms with Gasteiger partial charge >= 0.3 is 6.03 Å². The van der Waals surface area contributed by atoms with E-state index < -0.39 is 6.03 Å². The molecule has 0 aliphatic heterocycles. The minimum atomic E-state index is -0.573. The van der Waals surface area contributed by atoms with Gasteiger partial charge in [0.1, 0.15) is 5.82 Å². The van der Waals surface area contributed by atoms with Crippen molar-refractivity contribution in [3.8, 4) is 22.4 Å². The van der Waals surface area contributed by atoms with Crippen LogP contribution in [-0.4, -0.2) is 44.7 Å². The zero-order chi connectivity index (χ0) is 20.4. The Kier molecular flexibility index (Phi) is 5.15. The Hall–Kier alpha value is -3.43. The lowest BCUT2D eigenvalue weighted by molar-refractivity contribution is 0.255. The number of amides is 2. The van der Waals surface area contributed by atoms with Crippen molar-refractivity contribution in [1.29, 1.82) is 0 Å². The molecule has 0 aliphatic rings. The zero-order valence-electron chi connectivity index (χ0n) is 15.6. The van der Waals surface area contributed by atoms with Crippen molar-refractivity contribution in [2.24, 2.45) is 5.73 Å². The molecule has 29 heavy (non-hydrogen) atoms. The van der Waals surface area contributed by atoms with E-state index in [0.29, 0.717) is 17.4 Å². The van der Waals surface area contributed by atoms with Crippen molar-refractivity contribution >= 4 is 32.7 Å². The molecule has 146 valence electrons. The average Bonchev–Trinajstić information content (AvgIpc) is 3.18. The summed E-state index contributed by atoms with van der Waals surface area (Å²) in [6, 6.07) is 9.08. The molecule has 3 aromatic heterocycles. The van der Waals surface area contributed by atoms with Gasteiger partial charge in [0.05, 0.1) is 22.5 Å². The number of rotatable bonds is 5. The zero-order valence-corrected chi connectivity index (χ0v) is 16.4. The molecule has 0 unspecified atom stereocenters. The Bertz CT molecular complexity index is 1160. The monoisotopic (exact) mass is 406 g/mol. The Morgan fingerprint density at radius 3 is 2.62 bits per heavy atom. The fourth-order valence-corrected chi connectivity index (χ4v) is 3.91. The van der Waals surface area contributed by atoms with Crippen LogP contribution in [0.5, 0.6) is 0 Å². The number of hydrogen-bond donors (Lipinski definition) is 2. The number of pyridine rings is 1. The molecule has 0 atom stereocenters. The van der Waals surface area contributed by atoms with E-state index in [1.54, 1.807) is 25.6 Å². The fraction of sp³-hybridized carbons (Fsp3) is 0.150. The second-order valence-corrected chi connectivity index (χ2v) is 7.32. The highest BCUT2D eigenvalue weighted by Gasteiger charge is 2.17. The molecular weight excluding hydrogens is 388 g/mol. The summed E-state index contributed by atoms with van der Waals surface area (Å²) < 4.78 is 0.911. The molecule has 8 nitrogen and oxygen atoms in total. The Morgan fingerprint density at radius 1 is 1.17 bits per heavy atom. The van der Waals surface area contributed by atoms with Gasteiger partial charge in [-0.15, -0.1) is 0 Å². The number of carbonyl (C=O) groups excluding carboxylic acids is 1. The molecule has 9 heteroatoms. The Balaban J connectivity index is 1.88. The summed E-state index contributed by atoms with van der Waals surface area (Å²) in [6.45, 7) is 0.00408. The summed E-state index contributed by atoms with van der Waals surface area (Å²) in [5.74, 6) is 0.585.